The lowest BCUT2D eigenvalue weighted by molar-refractivity contribution is -0.122. The van der Waals surface area contributed by atoms with Gasteiger partial charge in [0.1, 0.15) is 0 Å². The second-order valence-electron chi connectivity index (χ2n) is 4.95. The monoisotopic (exact) mass is 262 g/mol. The van der Waals surface area contributed by atoms with Gasteiger partial charge in [-0.3, -0.25) is 4.79 Å². The molecule has 0 spiro atoms. The van der Waals surface area contributed by atoms with Crippen LogP contribution in [0.3, 0.4) is 0 Å². The van der Waals surface area contributed by atoms with Gasteiger partial charge in [0.2, 0.25) is 5.91 Å². The van der Waals surface area contributed by atoms with E-state index in [2.05, 4.69) is 22.8 Å². The van der Waals surface area contributed by atoms with Crippen molar-refractivity contribution in [3.05, 3.63) is 35.9 Å². The Morgan fingerprint density at radius 3 is 2.89 bits per heavy atom. The van der Waals surface area contributed by atoms with Gasteiger partial charge in [0, 0.05) is 26.6 Å². The third-order valence-corrected chi connectivity index (χ3v) is 3.52. The van der Waals surface area contributed by atoms with Crippen molar-refractivity contribution in [2.24, 2.45) is 0 Å². The molecule has 0 bridgehead atoms. The number of benzene rings is 1. The van der Waals surface area contributed by atoms with Gasteiger partial charge >= 0.3 is 0 Å². The molecule has 2 N–H and O–H groups in total. The van der Waals surface area contributed by atoms with Gasteiger partial charge in [-0.2, -0.15) is 0 Å². The molecule has 1 unspecified atom stereocenters. The van der Waals surface area contributed by atoms with Gasteiger partial charge < -0.3 is 15.4 Å². The summed E-state index contributed by atoms with van der Waals surface area (Å²) in [7, 11) is 1.69. The molecule has 104 valence electrons. The molecular weight excluding hydrogens is 240 g/mol. The molecule has 1 amide bonds. The topological polar surface area (TPSA) is 50.4 Å². The number of carbonyl (C=O) groups excluding carboxylic acids is 1. The highest BCUT2D eigenvalue weighted by Crippen LogP contribution is 2.07. The van der Waals surface area contributed by atoms with Crippen molar-refractivity contribution >= 4 is 5.91 Å². The van der Waals surface area contributed by atoms with E-state index in [0.717, 1.165) is 25.9 Å². The molecule has 1 aliphatic heterocycles. The van der Waals surface area contributed by atoms with Crippen molar-refractivity contribution in [2.45, 2.75) is 31.4 Å². The molecule has 0 saturated carbocycles. The number of hydrogen-bond acceptors (Lipinski definition) is 3. The molecule has 1 heterocycles. The van der Waals surface area contributed by atoms with Crippen LogP contribution in [0.2, 0.25) is 0 Å². The van der Waals surface area contributed by atoms with Gasteiger partial charge in [-0.25, -0.2) is 0 Å². The van der Waals surface area contributed by atoms with Crippen molar-refractivity contribution in [3.63, 3.8) is 0 Å². The summed E-state index contributed by atoms with van der Waals surface area (Å²) in [6.07, 6.45) is 2.50. The summed E-state index contributed by atoms with van der Waals surface area (Å²) in [6, 6.07) is 10.4. The molecule has 0 aromatic heterocycles. The first-order valence-electron chi connectivity index (χ1n) is 6.86. The summed E-state index contributed by atoms with van der Waals surface area (Å²) in [6.45, 7) is 1.61. The number of hydrogen-bond donors (Lipinski definition) is 2. The number of nitrogens with one attached hydrogen (secondary N) is 2. The van der Waals surface area contributed by atoms with Crippen LogP contribution in [0.4, 0.5) is 0 Å². The molecule has 4 nitrogen and oxygen atoms in total. The molecule has 2 atom stereocenters. The highest BCUT2D eigenvalue weighted by atomic mass is 16.5. The minimum Gasteiger partial charge on any atom is -0.378 e. The maximum atomic E-state index is 11.9. The van der Waals surface area contributed by atoms with Crippen molar-refractivity contribution in [2.75, 3.05) is 20.2 Å². The number of amides is 1. The lowest BCUT2D eigenvalue weighted by Gasteiger charge is -2.18. The van der Waals surface area contributed by atoms with Gasteiger partial charge in [-0.05, 0) is 18.4 Å². The normalized spacial score (nSPS) is 22.4. The Hall–Kier alpha value is -1.39. The maximum Gasteiger partial charge on any atom is 0.220 e. The Morgan fingerprint density at radius 1 is 1.37 bits per heavy atom. The quantitative estimate of drug-likeness (QED) is 0.807. The number of ether oxygens (including phenoxy) is 1. The summed E-state index contributed by atoms with van der Waals surface area (Å²) in [4.78, 5) is 11.9. The lowest BCUT2D eigenvalue weighted by Crippen LogP contribution is -2.43. The fourth-order valence-electron chi connectivity index (χ4n) is 2.42. The van der Waals surface area contributed by atoms with E-state index >= 15 is 0 Å². The lowest BCUT2D eigenvalue weighted by atomic mass is 10.1. The van der Waals surface area contributed by atoms with Gasteiger partial charge in [-0.1, -0.05) is 30.3 Å². The van der Waals surface area contributed by atoms with E-state index < -0.39 is 0 Å². The van der Waals surface area contributed by atoms with Crippen molar-refractivity contribution in [3.8, 4) is 0 Å². The molecule has 1 fully saturated rings. The third-order valence-electron chi connectivity index (χ3n) is 3.52. The average molecular weight is 262 g/mol. The summed E-state index contributed by atoms with van der Waals surface area (Å²) in [5.74, 6) is 0.117. The standard InChI is InChI=1S/C15H22N2O2/c1-19-14-11-16-10-13(14)17-15(18)9-5-8-12-6-3-2-4-7-12/h2-4,6-7,13-14,16H,5,8-11H2,1H3,(H,17,18)/t13?,14-/m0/s1. The average Bonchev–Trinajstić information content (AvgIpc) is 2.87. The van der Waals surface area contributed by atoms with Crippen molar-refractivity contribution in [1.82, 2.24) is 10.6 Å². The molecular formula is C15H22N2O2. The van der Waals surface area contributed by atoms with E-state index in [1.807, 2.05) is 18.2 Å². The summed E-state index contributed by atoms with van der Waals surface area (Å²) < 4.78 is 5.32. The first-order chi connectivity index (χ1) is 9.29. The zero-order valence-electron chi connectivity index (χ0n) is 11.4. The molecule has 2 rings (SSSR count). The minimum absolute atomic E-state index is 0.0954. The van der Waals surface area contributed by atoms with Crippen LogP contribution in [-0.2, 0) is 16.0 Å². The van der Waals surface area contributed by atoms with E-state index in [-0.39, 0.29) is 18.1 Å². The van der Waals surface area contributed by atoms with Gasteiger partial charge in [0.05, 0.1) is 12.1 Å². The molecule has 1 aromatic carbocycles. The Bertz CT molecular complexity index is 394. The largest absolute Gasteiger partial charge is 0.378 e. The third kappa shape index (κ3) is 4.33. The van der Waals surface area contributed by atoms with Gasteiger partial charge in [-0.15, -0.1) is 0 Å². The molecule has 0 aliphatic carbocycles. The summed E-state index contributed by atoms with van der Waals surface area (Å²) in [5, 5.41) is 6.26. The highest BCUT2D eigenvalue weighted by Gasteiger charge is 2.27. The molecule has 0 radical (unpaired) electrons. The Labute approximate surface area is 114 Å². The second-order valence-corrected chi connectivity index (χ2v) is 4.95. The molecule has 19 heavy (non-hydrogen) atoms. The van der Waals surface area contributed by atoms with Crippen LogP contribution in [0.1, 0.15) is 18.4 Å². The van der Waals surface area contributed by atoms with E-state index in [4.69, 9.17) is 4.74 Å². The fraction of sp³-hybridized carbons (Fsp3) is 0.533. The smallest absolute Gasteiger partial charge is 0.220 e. The zero-order chi connectivity index (χ0) is 13.5. The molecule has 1 aliphatic rings. The summed E-state index contributed by atoms with van der Waals surface area (Å²) >= 11 is 0. The predicted octanol–water partition coefficient (Wildman–Crippen LogP) is 1.11. The molecule has 1 aromatic rings. The highest BCUT2D eigenvalue weighted by molar-refractivity contribution is 5.76. The van der Waals surface area contributed by atoms with Crippen LogP contribution >= 0.6 is 0 Å². The van der Waals surface area contributed by atoms with Gasteiger partial charge in [0.15, 0.2) is 0 Å². The Morgan fingerprint density at radius 2 is 2.16 bits per heavy atom. The van der Waals surface area contributed by atoms with E-state index in [9.17, 15) is 4.79 Å². The predicted molar refractivity (Wildman–Crippen MR) is 75.0 cm³/mol. The van der Waals surface area contributed by atoms with Crippen LogP contribution in [0.5, 0.6) is 0 Å². The van der Waals surface area contributed by atoms with Crippen LogP contribution < -0.4 is 10.6 Å². The Balaban J connectivity index is 1.67. The molecule has 4 heteroatoms. The van der Waals surface area contributed by atoms with Crippen molar-refractivity contribution < 1.29 is 9.53 Å². The second kappa shape index (κ2) is 7.26. The summed E-state index contributed by atoms with van der Waals surface area (Å²) in [5.41, 5.74) is 1.28. The van der Waals surface area contributed by atoms with E-state index in [0.29, 0.717) is 6.42 Å². The number of carbonyl (C=O) groups is 1. The number of methoxy groups -OCH3 is 1. The van der Waals surface area contributed by atoms with Crippen LogP contribution in [0, 0.1) is 0 Å². The number of aryl methyl sites for hydroxylation is 1. The zero-order valence-corrected chi connectivity index (χ0v) is 11.4. The van der Waals surface area contributed by atoms with E-state index in [1.165, 1.54) is 5.56 Å². The van der Waals surface area contributed by atoms with Crippen LogP contribution in [-0.4, -0.2) is 38.3 Å². The first-order valence-corrected chi connectivity index (χ1v) is 6.86. The maximum absolute atomic E-state index is 11.9. The SMILES string of the molecule is CO[C@H]1CNCC1NC(=O)CCCc1ccccc1. The van der Waals surface area contributed by atoms with Crippen molar-refractivity contribution in [1.29, 1.82) is 0 Å². The molecule has 1 saturated heterocycles. The first kappa shape index (κ1) is 14.0. The van der Waals surface area contributed by atoms with Crippen LogP contribution in [0.15, 0.2) is 30.3 Å². The van der Waals surface area contributed by atoms with E-state index in [1.54, 1.807) is 7.11 Å². The Kier molecular flexibility index (Phi) is 5.36. The fourth-order valence-corrected chi connectivity index (χ4v) is 2.42. The van der Waals surface area contributed by atoms with Gasteiger partial charge in [0.25, 0.3) is 0 Å². The minimum atomic E-state index is 0.0954. The number of rotatable bonds is 6. The van der Waals surface area contributed by atoms with Crippen LogP contribution in [0.25, 0.3) is 0 Å².